The number of rotatable bonds is 7. The summed E-state index contributed by atoms with van der Waals surface area (Å²) >= 11 is 0.350. The van der Waals surface area contributed by atoms with E-state index in [9.17, 15) is 45.4 Å². The Hall–Kier alpha value is -1.33. The molecule has 2 N–H and O–H groups in total. The molecule has 1 fully saturated rings. The summed E-state index contributed by atoms with van der Waals surface area (Å²) in [6.07, 6.45) is -8.22. The van der Waals surface area contributed by atoms with E-state index >= 15 is 0 Å². The quantitative estimate of drug-likeness (QED) is 0.368. The van der Waals surface area contributed by atoms with Crippen molar-refractivity contribution < 1.29 is 45.4 Å². The molecular formula is C20H20F7KN4O3S. The van der Waals surface area contributed by atoms with Crippen LogP contribution in [-0.4, -0.2) is 114 Å². The van der Waals surface area contributed by atoms with E-state index in [2.05, 4.69) is 9.97 Å². The summed E-state index contributed by atoms with van der Waals surface area (Å²) in [6.45, 7) is 1.62. The fraction of sp³-hybridized carbons (Fsp3) is 0.500. The van der Waals surface area contributed by atoms with Crippen molar-refractivity contribution in [2.75, 3.05) is 11.9 Å². The Morgan fingerprint density at radius 2 is 1.97 bits per heavy atom. The predicted molar refractivity (Wildman–Crippen MR) is 118 cm³/mol. The number of pyridine rings is 1. The van der Waals surface area contributed by atoms with Crippen molar-refractivity contribution in [1.82, 2.24) is 14.9 Å². The van der Waals surface area contributed by atoms with Gasteiger partial charge in [0.2, 0.25) is 5.01 Å². The van der Waals surface area contributed by atoms with E-state index in [1.165, 1.54) is 13.8 Å². The minimum atomic E-state index is -4.68. The van der Waals surface area contributed by atoms with E-state index < -0.39 is 89.5 Å². The Morgan fingerprint density at radius 1 is 1.33 bits per heavy atom. The molecular weight excluding hydrogens is 548 g/mol. The average Bonchev–Trinajstić information content (AvgIpc) is 3.30. The van der Waals surface area contributed by atoms with Crippen molar-refractivity contribution in [3.8, 4) is 10.4 Å². The number of nitrogens with one attached hydrogen (secondary N) is 1. The van der Waals surface area contributed by atoms with Gasteiger partial charge in [0.15, 0.2) is 0 Å². The Kier molecular flexibility index (Phi) is 9.95. The molecule has 2 aromatic rings. The van der Waals surface area contributed by atoms with Gasteiger partial charge in [0.05, 0.1) is 11.4 Å². The third kappa shape index (κ3) is 6.75. The molecule has 2 unspecified atom stereocenters. The first-order valence-electron chi connectivity index (χ1n) is 10.2. The number of carbonyl (C=O) groups excluding carboxylic acids is 1. The molecule has 3 rings (SSSR count). The molecule has 0 saturated carbocycles. The first kappa shape index (κ1) is 30.9. The number of nitrogens with zero attached hydrogens (tertiary/aromatic N) is 3. The summed E-state index contributed by atoms with van der Waals surface area (Å²) in [5.41, 5.74) is -1.92. The molecule has 36 heavy (non-hydrogen) atoms. The molecule has 194 valence electrons. The zero-order valence-electron chi connectivity index (χ0n) is 18.2. The number of halogens is 7. The van der Waals surface area contributed by atoms with Crippen LogP contribution in [0.2, 0.25) is 0 Å². The molecule has 1 aliphatic rings. The Morgan fingerprint density at radius 3 is 2.44 bits per heavy atom. The first-order valence-corrected chi connectivity index (χ1v) is 11.0. The third-order valence-electron chi connectivity index (χ3n) is 5.34. The summed E-state index contributed by atoms with van der Waals surface area (Å²) in [4.78, 5) is 32.3. The molecule has 0 aromatic carbocycles. The number of carboxylic acids is 1. The van der Waals surface area contributed by atoms with Gasteiger partial charge < -0.3 is 15.3 Å². The number of alkyl halides is 7. The molecule has 0 aliphatic carbocycles. The fourth-order valence-corrected chi connectivity index (χ4v) is 4.60. The standard InChI is InChI=1S/C20H19F7N4O3S.K.H/c1-3-11(20(25,26)27)29-12-4-9(15(21)22)10(6-28-12)14-13(30-16(35-14)18(33)34)17(32)31-7-19(23,24)5-8(31)2;;/h4,6,8,11,15H,3,5,7H2,1-2H3,(H,28,29)(H,33,34);;. The van der Waals surface area contributed by atoms with Gasteiger partial charge in [-0.15, -0.1) is 11.3 Å². The molecule has 0 bridgehead atoms. The molecule has 1 saturated heterocycles. The molecule has 2 aromatic heterocycles. The zero-order valence-corrected chi connectivity index (χ0v) is 19.0. The van der Waals surface area contributed by atoms with Gasteiger partial charge in [-0.05, 0) is 19.4 Å². The van der Waals surface area contributed by atoms with Crippen LogP contribution >= 0.6 is 11.3 Å². The van der Waals surface area contributed by atoms with Crippen molar-refractivity contribution in [1.29, 1.82) is 0 Å². The number of carbonyl (C=O) groups is 2. The zero-order chi connectivity index (χ0) is 26.3. The van der Waals surface area contributed by atoms with Crippen LogP contribution in [0, 0.1) is 0 Å². The van der Waals surface area contributed by atoms with Gasteiger partial charge in [-0.25, -0.2) is 32.3 Å². The molecule has 16 heteroatoms. The van der Waals surface area contributed by atoms with Crippen LogP contribution in [0.15, 0.2) is 12.3 Å². The van der Waals surface area contributed by atoms with Crippen LogP contribution < -0.4 is 5.32 Å². The average molecular weight is 569 g/mol. The number of carboxylic acid groups (broad SMARTS) is 1. The molecule has 1 aliphatic heterocycles. The number of thiazole rings is 1. The normalized spacial score (nSPS) is 18.2. The SMILES string of the molecule is CCC(Nc1cc(C(F)F)c(-c2sc(C(=O)O)nc2C(=O)N2CC(F)(F)CC2C)cn1)C(F)(F)F.[KH]. The topological polar surface area (TPSA) is 95.4 Å². The first-order chi connectivity index (χ1) is 16.1. The number of aromatic nitrogens is 2. The van der Waals surface area contributed by atoms with E-state index in [4.69, 9.17) is 0 Å². The van der Waals surface area contributed by atoms with Crippen LogP contribution in [-0.2, 0) is 0 Å². The molecule has 2 atom stereocenters. The predicted octanol–water partition coefficient (Wildman–Crippen LogP) is 4.81. The molecule has 3 heterocycles. The second-order valence-corrected chi connectivity index (χ2v) is 8.95. The number of hydrogen-bond donors (Lipinski definition) is 2. The number of likely N-dealkylation sites (tertiary alicyclic amines) is 1. The van der Waals surface area contributed by atoms with Gasteiger partial charge in [-0.2, -0.15) is 13.2 Å². The van der Waals surface area contributed by atoms with Gasteiger partial charge in [0.25, 0.3) is 18.3 Å². The summed E-state index contributed by atoms with van der Waals surface area (Å²) in [5, 5.41) is 10.7. The minimum absolute atomic E-state index is 0. The van der Waals surface area contributed by atoms with E-state index in [1.807, 2.05) is 5.32 Å². The molecule has 0 spiro atoms. The van der Waals surface area contributed by atoms with Crippen LogP contribution in [0.4, 0.5) is 36.6 Å². The molecule has 1 amide bonds. The van der Waals surface area contributed by atoms with Gasteiger partial charge in [0, 0.05) is 29.8 Å². The van der Waals surface area contributed by atoms with Crippen molar-refractivity contribution in [2.45, 2.75) is 57.3 Å². The Labute approximate surface area is 246 Å². The van der Waals surface area contributed by atoms with E-state index in [0.29, 0.717) is 17.4 Å². The van der Waals surface area contributed by atoms with Crippen molar-refractivity contribution in [3.05, 3.63) is 28.5 Å². The summed E-state index contributed by atoms with van der Waals surface area (Å²) < 4.78 is 94.6. The van der Waals surface area contributed by atoms with Gasteiger partial charge in [-0.1, -0.05) is 6.92 Å². The van der Waals surface area contributed by atoms with Crippen LogP contribution in [0.3, 0.4) is 0 Å². The molecule has 0 radical (unpaired) electrons. The monoisotopic (exact) mass is 568 g/mol. The fourth-order valence-electron chi connectivity index (χ4n) is 3.67. The second-order valence-electron chi connectivity index (χ2n) is 7.95. The van der Waals surface area contributed by atoms with E-state index in [-0.39, 0.29) is 56.3 Å². The maximum atomic E-state index is 13.9. The van der Waals surface area contributed by atoms with Crippen LogP contribution in [0.1, 0.15) is 59.0 Å². The van der Waals surface area contributed by atoms with Gasteiger partial charge >= 0.3 is 63.5 Å². The van der Waals surface area contributed by atoms with Crippen molar-refractivity contribution in [3.63, 3.8) is 0 Å². The number of hydrogen-bond acceptors (Lipinski definition) is 6. The van der Waals surface area contributed by atoms with E-state index in [1.54, 1.807) is 0 Å². The van der Waals surface area contributed by atoms with Crippen LogP contribution in [0.25, 0.3) is 10.4 Å². The number of aromatic carboxylic acids is 1. The van der Waals surface area contributed by atoms with Gasteiger partial charge in [-0.3, -0.25) is 4.79 Å². The van der Waals surface area contributed by atoms with Gasteiger partial charge in [0.1, 0.15) is 17.6 Å². The van der Waals surface area contributed by atoms with Crippen LogP contribution in [0.5, 0.6) is 0 Å². The Balaban J connectivity index is 0.00000456. The third-order valence-corrected chi connectivity index (χ3v) is 6.42. The number of amides is 1. The summed E-state index contributed by atoms with van der Waals surface area (Å²) in [5.74, 6) is -6.38. The van der Waals surface area contributed by atoms with Crippen molar-refractivity contribution >= 4 is 80.4 Å². The number of anilines is 1. The van der Waals surface area contributed by atoms with Crippen molar-refractivity contribution in [2.24, 2.45) is 0 Å². The summed E-state index contributed by atoms with van der Waals surface area (Å²) in [7, 11) is 0. The second kappa shape index (κ2) is 11.6. The maximum absolute atomic E-state index is 13.9. The Bertz CT molecular complexity index is 1130. The molecule has 7 nitrogen and oxygen atoms in total. The summed E-state index contributed by atoms with van der Waals surface area (Å²) in [6, 6.07) is -2.34. The van der Waals surface area contributed by atoms with E-state index in [0.717, 1.165) is 11.1 Å².